The summed E-state index contributed by atoms with van der Waals surface area (Å²) in [5, 5.41) is 29.4. The molecular weight excluding hydrogens is 466 g/mol. The summed E-state index contributed by atoms with van der Waals surface area (Å²) in [6.45, 7) is 3.45. The van der Waals surface area contributed by atoms with E-state index in [2.05, 4.69) is 54.0 Å². The summed E-state index contributed by atoms with van der Waals surface area (Å²) in [7, 11) is 0. The zero-order valence-electron chi connectivity index (χ0n) is 20.2. The SMILES string of the molecule is CCn1c2ccccc2c2cc(C=NN(CC(O)CSc3ccc(O)cc3)c3ccccc3)ccc21. The van der Waals surface area contributed by atoms with Crippen molar-refractivity contribution in [1.82, 2.24) is 4.57 Å². The number of anilines is 1. The first-order valence-corrected chi connectivity index (χ1v) is 13.1. The highest BCUT2D eigenvalue weighted by Gasteiger charge is 2.13. The van der Waals surface area contributed by atoms with Gasteiger partial charge in [0, 0.05) is 39.0 Å². The molecule has 0 spiro atoms. The summed E-state index contributed by atoms with van der Waals surface area (Å²) in [4.78, 5) is 1.00. The van der Waals surface area contributed by atoms with Crippen LogP contribution in [0.4, 0.5) is 5.69 Å². The van der Waals surface area contributed by atoms with Gasteiger partial charge in [-0.3, -0.25) is 5.01 Å². The van der Waals surface area contributed by atoms with Crippen LogP contribution in [0, 0.1) is 0 Å². The van der Waals surface area contributed by atoms with E-state index in [-0.39, 0.29) is 5.75 Å². The number of phenolic OH excluding ortho intramolecular Hbond substituents is 1. The second kappa shape index (κ2) is 10.9. The van der Waals surface area contributed by atoms with Gasteiger partial charge in [0.2, 0.25) is 0 Å². The minimum absolute atomic E-state index is 0.238. The summed E-state index contributed by atoms with van der Waals surface area (Å²) < 4.78 is 2.34. The van der Waals surface area contributed by atoms with Gasteiger partial charge in [-0.2, -0.15) is 5.10 Å². The van der Waals surface area contributed by atoms with Crippen molar-refractivity contribution in [2.24, 2.45) is 5.10 Å². The number of benzene rings is 4. The van der Waals surface area contributed by atoms with E-state index in [4.69, 9.17) is 5.10 Å². The van der Waals surface area contributed by atoms with Crippen molar-refractivity contribution in [3.63, 3.8) is 0 Å². The number of fused-ring (bicyclic) bond motifs is 3. The molecule has 5 nitrogen and oxygen atoms in total. The Morgan fingerprint density at radius 2 is 1.61 bits per heavy atom. The second-order valence-corrected chi connectivity index (χ2v) is 9.75. The highest BCUT2D eigenvalue weighted by Crippen LogP contribution is 2.29. The van der Waals surface area contributed by atoms with Gasteiger partial charge in [-0.05, 0) is 67.1 Å². The molecule has 2 N–H and O–H groups in total. The Kier molecular flexibility index (Phi) is 7.26. The van der Waals surface area contributed by atoms with Crippen LogP contribution in [0.3, 0.4) is 0 Å². The summed E-state index contributed by atoms with van der Waals surface area (Å²) in [5.74, 6) is 0.758. The molecule has 0 fully saturated rings. The monoisotopic (exact) mass is 495 g/mol. The topological polar surface area (TPSA) is 61.0 Å². The summed E-state index contributed by atoms with van der Waals surface area (Å²) >= 11 is 1.55. The van der Waals surface area contributed by atoms with Gasteiger partial charge in [-0.1, -0.05) is 42.5 Å². The molecule has 182 valence electrons. The fourth-order valence-corrected chi connectivity index (χ4v) is 5.25. The van der Waals surface area contributed by atoms with Gasteiger partial charge in [0.05, 0.1) is 24.6 Å². The average molecular weight is 496 g/mol. The molecule has 0 amide bonds. The zero-order chi connectivity index (χ0) is 24.9. The Bertz CT molecular complexity index is 1480. The summed E-state index contributed by atoms with van der Waals surface area (Å²) in [5.41, 5.74) is 4.39. The number of nitrogens with zero attached hydrogens (tertiary/aromatic N) is 3. The van der Waals surface area contributed by atoms with Crippen molar-refractivity contribution in [2.45, 2.75) is 24.5 Å². The maximum Gasteiger partial charge on any atom is 0.115 e. The average Bonchev–Trinajstić information content (AvgIpc) is 3.24. The number of hydrazone groups is 1. The molecule has 0 aliphatic carbocycles. The molecule has 0 bridgehead atoms. The second-order valence-electron chi connectivity index (χ2n) is 8.66. The lowest BCUT2D eigenvalue weighted by atomic mass is 10.1. The minimum Gasteiger partial charge on any atom is -0.508 e. The standard InChI is InChI=1S/C30H29N3O2S/c1-2-32-29-11-7-6-10-27(29)28-18-22(12-17-30(28)32)19-31-33(23-8-4-3-5-9-23)20-25(35)21-36-26-15-13-24(34)14-16-26/h3-19,25,34-35H,2,20-21H2,1H3. The number of aryl methyl sites for hydroxylation is 1. The van der Waals surface area contributed by atoms with Crippen molar-refractivity contribution >= 4 is 45.5 Å². The Labute approximate surface area is 215 Å². The highest BCUT2D eigenvalue weighted by atomic mass is 32.2. The van der Waals surface area contributed by atoms with Crippen molar-refractivity contribution in [2.75, 3.05) is 17.3 Å². The Balaban J connectivity index is 1.38. The fourth-order valence-electron chi connectivity index (χ4n) is 4.44. The van der Waals surface area contributed by atoms with E-state index < -0.39 is 6.10 Å². The molecule has 6 heteroatoms. The van der Waals surface area contributed by atoms with Gasteiger partial charge >= 0.3 is 0 Å². The molecule has 0 aliphatic rings. The van der Waals surface area contributed by atoms with Crippen LogP contribution in [-0.2, 0) is 6.54 Å². The van der Waals surface area contributed by atoms with Crippen LogP contribution < -0.4 is 5.01 Å². The molecule has 1 heterocycles. The lowest BCUT2D eigenvalue weighted by molar-refractivity contribution is 0.205. The van der Waals surface area contributed by atoms with Gasteiger partial charge in [0.1, 0.15) is 5.75 Å². The first-order chi connectivity index (χ1) is 17.6. The Morgan fingerprint density at radius 3 is 2.39 bits per heavy atom. The predicted octanol–water partition coefficient (Wildman–Crippen LogP) is 6.51. The molecule has 0 aliphatic heterocycles. The number of phenols is 1. The number of aromatic nitrogens is 1. The lowest BCUT2D eigenvalue weighted by Crippen LogP contribution is -2.30. The van der Waals surface area contributed by atoms with E-state index in [1.165, 1.54) is 21.8 Å². The molecule has 0 saturated carbocycles. The van der Waals surface area contributed by atoms with Crippen LogP contribution >= 0.6 is 11.8 Å². The largest absolute Gasteiger partial charge is 0.508 e. The number of hydrogen-bond donors (Lipinski definition) is 2. The molecular formula is C30H29N3O2S. The lowest BCUT2D eigenvalue weighted by Gasteiger charge is -2.22. The molecule has 5 aromatic rings. The van der Waals surface area contributed by atoms with Crippen LogP contribution in [0.2, 0.25) is 0 Å². The first kappa shape index (κ1) is 24.0. The van der Waals surface area contributed by atoms with E-state index in [0.717, 1.165) is 22.7 Å². The quantitative estimate of drug-likeness (QED) is 0.139. The Morgan fingerprint density at radius 1 is 0.889 bits per heavy atom. The number of hydrogen-bond acceptors (Lipinski definition) is 5. The van der Waals surface area contributed by atoms with E-state index in [9.17, 15) is 10.2 Å². The van der Waals surface area contributed by atoms with E-state index in [1.54, 1.807) is 23.9 Å². The molecule has 0 saturated heterocycles. The number of para-hydroxylation sites is 2. The summed E-state index contributed by atoms with van der Waals surface area (Å²) in [6, 6.07) is 31.9. The van der Waals surface area contributed by atoms with Crippen LogP contribution in [0.5, 0.6) is 5.75 Å². The predicted molar refractivity (Wildman–Crippen MR) is 151 cm³/mol. The third kappa shape index (κ3) is 5.25. The third-order valence-corrected chi connectivity index (χ3v) is 7.33. The minimum atomic E-state index is -0.592. The van der Waals surface area contributed by atoms with E-state index in [0.29, 0.717) is 12.3 Å². The number of thioether (sulfide) groups is 1. The van der Waals surface area contributed by atoms with Crippen LogP contribution in [-0.4, -0.2) is 39.4 Å². The maximum atomic E-state index is 10.8. The van der Waals surface area contributed by atoms with Crippen molar-refractivity contribution in [3.05, 3.63) is 103 Å². The van der Waals surface area contributed by atoms with Crippen molar-refractivity contribution in [3.8, 4) is 5.75 Å². The van der Waals surface area contributed by atoms with Gasteiger partial charge in [0.25, 0.3) is 0 Å². The smallest absolute Gasteiger partial charge is 0.115 e. The van der Waals surface area contributed by atoms with Gasteiger partial charge in [-0.15, -0.1) is 11.8 Å². The summed E-state index contributed by atoms with van der Waals surface area (Å²) in [6.07, 6.45) is 1.27. The molecule has 1 unspecified atom stereocenters. The first-order valence-electron chi connectivity index (χ1n) is 12.1. The molecule has 1 aromatic heterocycles. The number of aliphatic hydroxyl groups excluding tert-OH is 1. The molecule has 1 atom stereocenters. The van der Waals surface area contributed by atoms with Gasteiger partial charge < -0.3 is 14.8 Å². The molecule has 0 radical (unpaired) electrons. The number of aromatic hydroxyl groups is 1. The highest BCUT2D eigenvalue weighted by molar-refractivity contribution is 7.99. The van der Waals surface area contributed by atoms with Crippen LogP contribution in [0.15, 0.2) is 107 Å². The van der Waals surface area contributed by atoms with Gasteiger partial charge in [-0.25, -0.2) is 0 Å². The van der Waals surface area contributed by atoms with Gasteiger partial charge in [0.15, 0.2) is 0 Å². The maximum absolute atomic E-state index is 10.8. The van der Waals surface area contributed by atoms with Crippen molar-refractivity contribution < 1.29 is 10.2 Å². The zero-order valence-corrected chi connectivity index (χ0v) is 21.0. The third-order valence-electron chi connectivity index (χ3n) is 6.18. The fraction of sp³-hybridized carbons (Fsp3) is 0.167. The van der Waals surface area contributed by atoms with Crippen molar-refractivity contribution in [1.29, 1.82) is 0 Å². The normalized spacial score (nSPS) is 12.5. The Hall–Kier alpha value is -3.74. The van der Waals surface area contributed by atoms with E-state index in [1.807, 2.05) is 53.7 Å². The number of rotatable bonds is 9. The molecule has 36 heavy (non-hydrogen) atoms. The number of aliphatic hydroxyl groups is 1. The molecule has 5 rings (SSSR count). The molecule has 4 aromatic carbocycles. The van der Waals surface area contributed by atoms with Crippen LogP contribution in [0.1, 0.15) is 12.5 Å². The van der Waals surface area contributed by atoms with E-state index >= 15 is 0 Å². The van der Waals surface area contributed by atoms with Crippen LogP contribution in [0.25, 0.3) is 21.8 Å².